The summed E-state index contributed by atoms with van der Waals surface area (Å²) < 4.78 is 27.9. The number of benzene rings is 1. The summed E-state index contributed by atoms with van der Waals surface area (Å²) >= 11 is -2.21. The number of amides is 1. The Morgan fingerprint density at radius 1 is 1.29 bits per heavy atom. The Balaban J connectivity index is 2.26. The predicted molar refractivity (Wildman–Crippen MR) is 111 cm³/mol. The van der Waals surface area contributed by atoms with Crippen molar-refractivity contribution in [2.75, 3.05) is 18.0 Å². The molecule has 2 rings (SSSR count). The van der Waals surface area contributed by atoms with E-state index >= 15 is 0 Å². The van der Waals surface area contributed by atoms with Crippen molar-refractivity contribution in [3.63, 3.8) is 0 Å². The fourth-order valence-electron chi connectivity index (χ4n) is 2.84. The molecule has 1 heterocycles. The van der Waals surface area contributed by atoms with Crippen molar-refractivity contribution in [2.45, 2.75) is 39.2 Å². The number of pyridine rings is 1. The van der Waals surface area contributed by atoms with Crippen LogP contribution in [-0.4, -0.2) is 33.3 Å². The fraction of sp³-hybridized carbons (Fsp3) is 0.400. The molecule has 7 nitrogen and oxygen atoms in total. The van der Waals surface area contributed by atoms with E-state index in [1.165, 1.54) is 4.31 Å². The zero-order valence-corrected chi connectivity index (χ0v) is 17.2. The Morgan fingerprint density at radius 3 is 2.61 bits per heavy atom. The van der Waals surface area contributed by atoms with E-state index < -0.39 is 11.3 Å². The maximum atomic E-state index is 13.0. The van der Waals surface area contributed by atoms with Crippen molar-refractivity contribution in [3.8, 4) is 5.88 Å². The van der Waals surface area contributed by atoms with Crippen LogP contribution in [0.1, 0.15) is 55.1 Å². The van der Waals surface area contributed by atoms with Crippen LogP contribution in [0.15, 0.2) is 42.6 Å². The molecule has 8 heteroatoms. The smallest absolute Gasteiger partial charge is 0.261 e. The third-order valence-corrected chi connectivity index (χ3v) is 5.16. The highest BCUT2D eigenvalue weighted by atomic mass is 32.2. The molecule has 2 unspecified atom stereocenters. The highest BCUT2D eigenvalue weighted by Crippen LogP contribution is 2.24. The first-order chi connectivity index (χ1) is 13.5. The summed E-state index contributed by atoms with van der Waals surface area (Å²) in [6.07, 6.45) is 3.98. The molecule has 0 aliphatic heterocycles. The lowest BCUT2D eigenvalue weighted by Crippen LogP contribution is -2.32. The quantitative estimate of drug-likeness (QED) is 0.588. The van der Waals surface area contributed by atoms with Gasteiger partial charge in [0.25, 0.3) is 17.2 Å². The van der Waals surface area contributed by atoms with E-state index in [4.69, 9.17) is 4.74 Å². The van der Waals surface area contributed by atoms with Crippen molar-refractivity contribution < 1.29 is 18.3 Å². The highest BCUT2D eigenvalue weighted by molar-refractivity contribution is 7.80. The first-order valence-corrected chi connectivity index (χ1v) is 10.4. The topological polar surface area (TPSA) is 91.8 Å². The van der Waals surface area contributed by atoms with Gasteiger partial charge in [0.1, 0.15) is 0 Å². The van der Waals surface area contributed by atoms with Crippen molar-refractivity contribution in [2.24, 2.45) is 0 Å². The molecule has 2 aromatic rings. The number of hydrogen-bond donors (Lipinski definition) is 2. The standard InChI is InChI=1S/C20H27N3O4S/c1-4-6-13-23(28(25)26)18-10-8-7-9-16(18)20(24)22-17(5-2)15-11-12-19(27-3)21-14-15/h7-12,14,17H,4-6,13H2,1-3H3,(H,22,24)(H,25,26). The van der Waals surface area contributed by atoms with Gasteiger partial charge >= 0.3 is 0 Å². The van der Waals surface area contributed by atoms with Crippen LogP contribution in [0.3, 0.4) is 0 Å². The first-order valence-electron chi connectivity index (χ1n) is 9.30. The van der Waals surface area contributed by atoms with Crippen molar-refractivity contribution in [3.05, 3.63) is 53.7 Å². The maximum Gasteiger partial charge on any atom is 0.261 e. The first kappa shape index (κ1) is 21.8. The fourth-order valence-corrected chi connectivity index (χ4v) is 3.46. The number of carbonyl (C=O) groups is 1. The van der Waals surface area contributed by atoms with Crippen molar-refractivity contribution in [1.29, 1.82) is 0 Å². The van der Waals surface area contributed by atoms with E-state index in [0.717, 1.165) is 18.4 Å². The molecule has 2 atom stereocenters. The molecule has 28 heavy (non-hydrogen) atoms. The van der Waals surface area contributed by atoms with E-state index in [-0.39, 0.29) is 11.9 Å². The molecule has 0 aliphatic rings. The minimum absolute atomic E-state index is 0.234. The zero-order valence-electron chi connectivity index (χ0n) is 16.4. The largest absolute Gasteiger partial charge is 0.481 e. The Bertz CT molecular complexity index is 798. The average molecular weight is 406 g/mol. The van der Waals surface area contributed by atoms with Gasteiger partial charge in [-0.2, -0.15) is 0 Å². The van der Waals surface area contributed by atoms with Crippen LogP contribution in [0, 0.1) is 0 Å². The molecular formula is C20H27N3O4S. The van der Waals surface area contributed by atoms with Crippen molar-refractivity contribution in [1.82, 2.24) is 10.3 Å². The number of carbonyl (C=O) groups excluding carboxylic acids is 1. The van der Waals surface area contributed by atoms with Crippen LogP contribution >= 0.6 is 0 Å². The van der Waals surface area contributed by atoms with Gasteiger partial charge in [-0.3, -0.25) is 13.7 Å². The molecule has 0 bridgehead atoms. The second-order valence-corrected chi connectivity index (χ2v) is 7.17. The summed E-state index contributed by atoms with van der Waals surface area (Å²) in [6, 6.07) is 10.2. The lowest BCUT2D eigenvalue weighted by atomic mass is 10.1. The lowest BCUT2D eigenvalue weighted by Gasteiger charge is -2.23. The number of aromatic nitrogens is 1. The number of methoxy groups -OCH3 is 1. The number of para-hydroxylation sites is 1. The summed E-state index contributed by atoms with van der Waals surface area (Å²) in [5.41, 5.74) is 1.67. The van der Waals surface area contributed by atoms with Gasteiger partial charge < -0.3 is 10.1 Å². The van der Waals surface area contributed by atoms with Gasteiger partial charge in [-0.1, -0.05) is 38.5 Å². The van der Waals surface area contributed by atoms with Gasteiger partial charge in [0, 0.05) is 18.8 Å². The summed E-state index contributed by atoms with van der Waals surface area (Å²) in [6.45, 7) is 4.37. The molecule has 0 aliphatic carbocycles. The summed E-state index contributed by atoms with van der Waals surface area (Å²) in [5, 5.41) is 3.00. The SMILES string of the molecule is CCCCN(c1ccccc1C(=O)NC(CC)c1ccc(OC)nc1)S(=O)O. The average Bonchev–Trinajstić information content (AvgIpc) is 2.72. The predicted octanol–water partition coefficient (Wildman–Crippen LogP) is 3.71. The normalized spacial score (nSPS) is 12.9. The van der Waals surface area contributed by atoms with E-state index in [2.05, 4.69) is 10.3 Å². The molecule has 1 aromatic heterocycles. The summed E-state index contributed by atoms with van der Waals surface area (Å²) in [5.74, 6) is 0.206. The zero-order chi connectivity index (χ0) is 20.5. The second kappa shape index (κ2) is 10.8. The summed E-state index contributed by atoms with van der Waals surface area (Å²) in [4.78, 5) is 17.2. The summed E-state index contributed by atoms with van der Waals surface area (Å²) in [7, 11) is 1.55. The third-order valence-electron chi connectivity index (χ3n) is 4.40. The van der Waals surface area contributed by atoms with Gasteiger partial charge in [-0.05, 0) is 30.5 Å². The number of nitrogens with zero attached hydrogens (tertiary/aromatic N) is 2. The van der Waals surface area contributed by atoms with Crippen LogP contribution in [0.5, 0.6) is 5.88 Å². The lowest BCUT2D eigenvalue weighted by molar-refractivity contribution is 0.0936. The van der Waals surface area contributed by atoms with Crippen LogP contribution < -0.4 is 14.4 Å². The third kappa shape index (κ3) is 5.53. The minimum atomic E-state index is -2.21. The molecule has 0 saturated carbocycles. The molecule has 0 radical (unpaired) electrons. The van der Waals surface area contributed by atoms with Gasteiger partial charge in [0.15, 0.2) is 0 Å². The number of unbranched alkanes of at least 4 members (excludes halogenated alkanes) is 1. The molecule has 0 spiro atoms. The molecule has 2 N–H and O–H groups in total. The monoisotopic (exact) mass is 405 g/mol. The number of ether oxygens (including phenoxy) is 1. The number of nitrogens with one attached hydrogen (secondary N) is 1. The van der Waals surface area contributed by atoms with Crippen LogP contribution in [-0.2, 0) is 11.3 Å². The van der Waals surface area contributed by atoms with E-state index in [0.29, 0.717) is 30.1 Å². The van der Waals surface area contributed by atoms with E-state index in [1.54, 1.807) is 43.6 Å². The Labute approximate surface area is 168 Å². The van der Waals surface area contributed by atoms with Gasteiger partial charge in [-0.15, -0.1) is 0 Å². The second-order valence-electron chi connectivity index (χ2n) is 6.27. The van der Waals surface area contributed by atoms with Gasteiger partial charge in [0.05, 0.1) is 24.4 Å². The van der Waals surface area contributed by atoms with E-state index in [9.17, 15) is 13.6 Å². The Morgan fingerprint density at radius 2 is 2.04 bits per heavy atom. The van der Waals surface area contributed by atoms with E-state index in [1.807, 2.05) is 19.9 Å². The van der Waals surface area contributed by atoms with Gasteiger partial charge in [0.2, 0.25) is 5.88 Å². The Kier molecular flexibility index (Phi) is 8.41. The molecule has 0 saturated heterocycles. The molecular weight excluding hydrogens is 378 g/mol. The maximum absolute atomic E-state index is 13.0. The number of anilines is 1. The van der Waals surface area contributed by atoms with Crippen LogP contribution in [0.4, 0.5) is 5.69 Å². The number of rotatable bonds is 10. The van der Waals surface area contributed by atoms with Crippen molar-refractivity contribution >= 4 is 22.9 Å². The molecule has 1 amide bonds. The van der Waals surface area contributed by atoms with Crippen LogP contribution in [0.25, 0.3) is 0 Å². The molecule has 1 aromatic carbocycles. The Hall–Kier alpha value is -2.45. The highest BCUT2D eigenvalue weighted by Gasteiger charge is 2.21. The number of hydrogen-bond acceptors (Lipinski definition) is 4. The molecule has 0 fully saturated rings. The van der Waals surface area contributed by atoms with Gasteiger partial charge in [-0.25, -0.2) is 9.19 Å². The molecule has 152 valence electrons. The minimum Gasteiger partial charge on any atom is -0.481 e. The van der Waals surface area contributed by atoms with Crippen LogP contribution in [0.2, 0.25) is 0 Å².